The van der Waals surface area contributed by atoms with Crippen LogP contribution in [0.15, 0.2) is 59.5 Å². The second-order valence-corrected chi connectivity index (χ2v) is 8.39. The molecule has 5 nitrogen and oxygen atoms in total. The number of ether oxygens (including phenoxy) is 1. The molecule has 178 valence electrons. The van der Waals surface area contributed by atoms with Crippen LogP contribution in [0.2, 0.25) is 0 Å². The van der Waals surface area contributed by atoms with Gasteiger partial charge in [-0.3, -0.25) is 4.79 Å². The molecule has 3 aromatic heterocycles. The number of hydrogen-bond donors (Lipinski definition) is 0. The molecule has 3 heterocycles. The van der Waals surface area contributed by atoms with Gasteiger partial charge < -0.3 is 9.30 Å². The number of pyridine rings is 2. The predicted octanol–water partition coefficient (Wildman–Crippen LogP) is 5.86. The zero-order valence-electron chi connectivity index (χ0n) is 17.9. The molecule has 0 radical (unpaired) electrons. The highest BCUT2D eigenvalue weighted by Crippen LogP contribution is 2.38. The first-order valence-corrected chi connectivity index (χ1v) is 10.7. The normalized spacial score (nSPS) is 11.3. The van der Waals surface area contributed by atoms with E-state index in [-0.39, 0.29) is 16.1 Å². The molecule has 0 fully saturated rings. The van der Waals surface area contributed by atoms with Gasteiger partial charge in [-0.15, -0.1) is 11.3 Å². The van der Waals surface area contributed by atoms with Crippen molar-refractivity contribution in [2.75, 3.05) is 7.11 Å². The number of thiophene rings is 1. The van der Waals surface area contributed by atoms with Gasteiger partial charge in [0.1, 0.15) is 23.3 Å². The summed E-state index contributed by atoms with van der Waals surface area (Å²) in [5.74, 6) is -1.44. The maximum atomic E-state index is 14.3. The van der Waals surface area contributed by atoms with Gasteiger partial charge in [0.25, 0.3) is 5.56 Å². The lowest BCUT2D eigenvalue weighted by Gasteiger charge is -2.17. The number of halogens is 5. The Kier molecular flexibility index (Phi) is 6.41. The predicted molar refractivity (Wildman–Crippen MR) is 119 cm³/mol. The zero-order chi connectivity index (χ0) is 25.3. The second-order valence-electron chi connectivity index (χ2n) is 7.31. The monoisotopic (exact) mass is 503 g/mol. The van der Waals surface area contributed by atoms with Crippen molar-refractivity contribution in [2.45, 2.75) is 12.7 Å². The molecule has 0 saturated carbocycles. The van der Waals surface area contributed by atoms with Crippen LogP contribution in [-0.4, -0.2) is 16.7 Å². The lowest BCUT2D eigenvalue weighted by atomic mass is 10.1. The molecule has 0 aliphatic heterocycles. The van der Waals surface area contributed by atoms with Crippen LogP contribution >= 0.6 is 11.3 Å². The highest BCUT2D eigenvalue weighted by Gasteiger charge is 2.36. The minimum Gasteiger partial charge on any atom is -0.481 e. The average molecular weight is 503 g/mol. The lowest BCUT2D eigenvalue weighted by Crippen LogP contribution is -2.28. The van der Waals surface area contributed by atoms with Crippen molar-refractivity contribution in [2.24, 2.45) is 0 Å². The molecule has 0 aliphatic carbocycles. The third-order valence-electron chi connectivity index (χ3n) is 5.15. The van der Waals surface area contributed by atoms with E-state index in [0.29, 0.717) is 28.5 Å². The van der Waals surface area contributed by atoms with Gasteiger partial charge in [0.05, 0.1) is 29.8 Å². The number of rotatable bonds is 5. The summed E-state index contributed by atoms with van der Waals surface area (Å²) in [5, 5.41) is 9.30. The number of alkyl halides is 3. The van der Waals surface area contributed by atoms with Crippen molar-refractivity contribution in [3.63, 3.8) is 0 Å². The molecule has 0 spiro atoms. The molecule has 0 N–H and O–H groups in total. The highest BCUT2D eigenvalue weighted by atomic mass is 32.1. The minimum absolute atomic E-state index is 0.130. The fourth-order valence-corrected chi connectivity index (χ4v) is 4.46. The van der Waals surface area contributed by atoms with Gasteiger partial charge in [-0.1, -0.05) is 6.07 Å². The quantitative estimate of drug-likeness (QED) is 0.320. The Balaban J connectivity index is 1.91. The molecule has 1 aromatic carbocycles. The summed E-state index contributed by atoms with van der Waals surface area (Å²) in [6.07, 6.45) is -3.45. The van der Waals surface area contributed by atoms with Crippen LogP contribution in [0.25, 0.3) is 21.0 Å². The molecule has 4 rings (SSSR count). The van der Waals surface area contributed by atoms with E-state index in [1.165, 1.54) is 25.4 Å². The summed E-state index contributed by atoms with van der Waals surface area (Å²) in [6.45, 7) is -0.510. The standard InChI is InChI=1S/C24H14F5N3O2S/c1-34-22-7-3-13(11-31-22)20-5-6-21(35-20)19-9-17(24(27,28)29)16(10-30)23(33)32(19)12-14-2-4-15(25)8-18(14)26/h2-9,11H,12H2,1H3. The molecule has 35 heavy (non-hydrogen) atoms. The highest BCUT2D eigenvalue weighted by molar-refractivity contribution is 7.18. The molecular formula is C24H14F5N3O2S. The van der Waals surface area contributed by atoms with Crippen LogP contribution < -0.4 is 10.3 Å². The Morgan fingerprint density at radius 2 is 1.83 bits per heavy atom. The largest absolute Gasteiger partial charge is 0.481 e. The lowest BCUT2D eigenvalue weighted by molar-refractivity contribution is -0.137. The smallest absolute Gasteiger partial charge is 0.417 e. The summed E-state index contributed by atoms with van der Waals surface area (Å²) >= 11 is 1.08. The zero-order valence-corrected chi connectivity index (χ0v) is 18.7. The molecule has 0 aliphatic rings. The number of benzene rings is 1. The van der Waals surface area contributed by atoms with Gasteiger partial charge in [0, 0.05) is 34.3 Å². The minimum atomic E-state index is -4.97. The average Bonchev–Trinajstić information content (AvgIpc) is 3.31. The third-order valence-corrected chi connectivity index (χ3v) is 6.31. The van der Waals surface area contributed by atoms with Gasteiger partial charge in [-0.2, -0.15) is 18.4 Å². The van der Waals surface area contributed by atoms with Crippen molar-refractivity contribution in [1.29, 1.82) is 5.26 Å². The molecule has 0 saturated heterocycles. The summed E-state index contributed by atoms with van der Waals surface area (Å²) < 4.78 is 74.7. The maximum Gasteiger partial charge on any atom is 0.417 e. The van der Waals surface area contributed by atoms with E-state index in [1.807, 2.05) is 0 Å². The molecular weight excluding hydrogens is 489 g/mol. The Bertz CT molecular complexity index is 1500. The third kappa shape index (κ3) is 4.79. The SMILES string of the molecule is COc1ccc(-c2ccc(-c3cc(C(F)(F)F)c(C#N)c(=O)n3Cc3ccc(F)cc3F)s2)cn1. The van der Waals surface area contributed by atoms with E-state index < -0.39 is 41.0 Å². The van der Waals surface area contributed by atoms with E-state index in [9.17, 15) is 32.0 Å². The first-order valence-electron chi connectivity index (χ1n) is 9.92. The molecule has 11 heteroatoms. The Hall–Kier alpha value is -4.04. The van der Waals surface area contributed by atoms with E-state index in [4.69, 9.17) is 4.74 Å². The van der Waals surface area contributed by atoms with E-state index >= 15 is 0 Å². The molecule has 0 atom stereocenters. The molecule has 0 unspecified atom stereocenters. The van der Waals surface area contributed by atoms with Gasteiger partial charge >= 0.3 is 6.18 Å². The van der Waals surface area contributed by atoms with Gasteiger partial charge in [-0.05, 0) is 30.3 Å². The van der Waals surface area contributed by atoms with Gasteiger partial charge in [0.15, 0.2) is 0 Å². The van der Waals surface area contributed by atoms with E-state index in [1.54, 1.807) is 18.2 Å². The van der Waals surface area contributed by atoms with Crippen LogP contribution in [0, 0.1) is 23.0 Å². The van der Waals surface area contributed by atoms with Crippen molar-refractivity contribution >= 4 is 11.3 Å². The summed E-state index contributed by atoms with van der Waals surface area (Å²) in [4.78, 5) is 18.0. The maximum absolute atomic E-state index is 14.3. The van der Waals surface area contributed by atoms with E-state index in [2.05, 4.69) is 4.98 Å². The van der Waals surface area contributed by atoms with Crippen LogP contribution in [0.5, 0.6) is 5.88 Å². The van der Waals surface area contributed by atoms with Crippen LogP contribution in [-0.2, 0) is 12.7 Å². The van der Waals surface area contributed by atoms with Crippen molar-refractivity contribution in [3.05, 3.63) is 93.4 Å². The number of nitriles is 1. The van der Waals surface area contributed by atoms with Gasteiger partial charge in [-0.25, -0.2) is 13.8 Å². The van der Waals surface area contributed by atoms with Crippen LogP contribution in [0.1, 0.15) is 16.7 Å². The molecule has 4 aromatic rings. The fourth-order valence-electron chi connectivity index (χ4n) is 3.44. The summed E-state index contributed by atoms with van der Waals surface area (Å²) in [5.41, 5.74) is -3.37. The Morgan fingerprint density at radius 3 is 2.43 bits per heavy atom. The topological polar surface area (TPSA) is 67.9 Å². The number of nitrogens with zero attached hydrogens (tertiary/aromatic N) is 3. The van der Waals surface area contributed by atoms with Crippen molar-refractivity contribution in [3.8, 4) is 33.0 Å². The van der Waals surface area contributed by atoms with Crippen LogP contribution in [0.3, 0.4) is 0 Å². The van der Waals surface area contributed by atoms with Gasteiger partial charge in [0.2, 0.25) is 5.88 Å². The first kappa shape index (κ1) is 24.1. The molecule has 0 amide bonds. The first-order chi connectivity index (χ1) is 16.6. The second kappa shape index (κ2) is 9.31. The molecule has 0 bridgehead atoms. The number of aromatic nitrogens is 2. The van der Waals surface area contributed by atoms with Crippen LogP contribution in [0.4, 0.5) is 22.0 Å². The van der Waals surface area contributed by atoms with E-state index in [0.717, 1.165) is 28.0 Å². The number of methoxy groups -OCH3 is 1. The summed E-state index contributed by atoms with van der Waals surface area (Å²) in [6, 6.07) is 11.2. The number of hydrogen-bond acceptors (Lipinski definition) is 5. The van der Waals surface area contributed by atoms with Crippen molar-refractivity contribution in [1.82, 2.24) is 9.55 Å². The Morgan fingerprint density at radius 1 is 1.09 bits per heavy atom. The summed E-state index contributed by atoms with van der Waals surface area (Å²) in [7, 11) is 1.46. The van der Waals surface area contributed by atoms with Crippen molar-refractivity contribution < 1.29 is 26.7 Å². The fraction of sp³-hybridized carbons (Fsp3) is 0.125. The Labute approximate surface area is 199 Å².